The average Bonchev–Trinajstić information content (AvgIpc) is 2.64. The standard InChI is InChI=1S/C20H34N4O2S/c1-6-23(7-2)15-18-11-9-8-10-17(18)14-22-19(21-5)24-12-13-27(25,26)20(3,4)16-24/h8-11H,6-7,12-16H2,1-5H3,(H,21,22). The van der Waals surface area contributed by atoms with Crippen molar-refractivity contribution in [1.29, 1.82) is 0 Å². The van der Waals surface area contributed by atoms with Crippen molar-refractivity contribution in [3.63, 3.8) is 0 Å². The molecular weight excluding hydrogens is 360 g/mol. The highest BCUT2D eigenvalue weighted by Crippen LogP contribution is 2.23. The molecule has 1 aromatic carbocycles. The highest BCUT2D eigenvalue weighted by molar-refractivity contribution is 7.92. The second kappa shape index (κ2) is 9.06. The van der Waals surface area contributed by atoms with Crippen LogP contribution in [0.15, 0.2) is 29.3 Å². The van der Waals surface area contributed by atoms with E-state index in [0.717, 1.165) is 25.6 Å². The Bertz CT molecular complexity index is 755. The molecule has 0 aromatic heterocycles. The van der Waals surface area contributed by atoms with Gasteiger partial charge in [-0.05, 0) is 38.1 Å². The Balaban J connectivity index is 2.07. The number of rotatable bonds is 6. The number of hydrogen-bond donors (Lipinski definition) is 1. The van der Waals surface area contributed by atoms with E-state index in [1.54, 1.807) is 20.9 Å². The van der Waals surface area contributed by atoms with Gasteiger partial charge in [0.25, 0.3) is 0 Å². The maximum absolute atomic E-state index is 12.3. The second-order valence-electron chi connectivity index (χ2n) is 7.63. The van der Waals surface area contributed by atoms with Crippen molar-refractivity contribution in [2.45, 2.75) is 45.5 Å². The van der Waals surface area contributed by atoms with Gasteiger partial charge in [-0.3, -0.25) is 9.89 Å². The van der Waals surface area contributed by atoms with Crippen LogP contribution in [0, 0.1) is 0 Å². The predicted molar refractivity (Wildman–Crippen MR) is 113 cm³/mol. The first-order valence-electron chi connectivity index (χ1n) is 9.71. The molecule has 0 spiro atoms. The fraction of sp³-hybridized carbons (Fsp3) is 0.650. The molecule has 1 N–H and O–H groups in total. The Morgan fingerprint density at radius 3 is 2.41 bits per heavy atom. The molecule has 27 heavy (non-hydrogen) atoms. The van der Waals surface area contributed by atoms with Crippen LogP contribution < -0.4 is 5.32 Å². The van der Waals surface area contributed by atoms with Gasteiger partial charge in [0.05, 0.1) is 10.5 Å². The smallest absolute Gasteiger partial charge is 0.193 e. The molecule has 152 valence electrons. The zero-order valence-electron chi connectivity index (χ0n) is 17.3. The van der Waals surface area contributed by atoms with E-state index in [2.05, 4.69) is 53.3 Å². The number of nitrogens with zero attached hydrogens (tertiary/aromatic N) is 3. The zero-order chi connectivity index (χ0) is 20.1. The van der Waals surface area contributed by atoms with E-state index < -0.39 is 14.6 Å². The number of guanidine groups is 1. The van der Waals surface area contributed by atoms with Crippen molar-refractivity contribution >= 4 is 15.8 Å². The topological polar surface area (TPSA) is 65.0 Å². The molecule has 1 saturated heterocycles. The highest BCUT2D eigenvalue weighted by Gasteiger charge is 2.40. The van der Waals surface area contributed by atoms with Gasteiger partial charge < -0.3 is 10.2 Å². The maximum atomic E-state index is 12.3. The Kier molecular flexibility index (Phi) is 7.28. The van der Waals surface area contributed by atoms with Crippen LogP contribution in [0.5, 0.6) is 0 Å². The van der Waals surface area contributed by atoms with Crippen molar-refractivity contribution < 1.29 is 8.42 Å². The van der Waals surface area contributed by atoms with Crippen LogP contribution in [0.2, 0.25) is 0 Å². The molecule has 1 heterocycles. The number of aliphatic imine (C=N–C) groups is 1. The molecule has 0 amide bonds. The summed E-state index contributed by atoms with van der Waals surface area (Å²) in [6, 6.07) is 8.45. The van der Waals surface area contributed by atoms with E-state index in [1.165, 1.54) is 11.1 Å². The lowest BCUT2D eigenvalue weighted by Crippen LogP contribution is -2.57. The minimum absolute atomic E-state index is 0.166. The summed E-state index contributed by atoms with van der Waals surface area (Å²) < 4.78 is 23.7. The molecule has 1 aliphatic heterocycles. The normalized spacial score (nSPS) is 19.3. The lowest BCUT2D eigenvalue weighted by molar-refractivity contribution is 0.295. The summed E-state index contributed by atoms with van der Waals surface area (Å²) in [5.41, 5.74) is 2.56. The molecule has 7 heteroatoms. The Morgan fingerprint density at radius 1 is 1.22 bits per heavy atom. The quantitative estimate of drug-likeness (QED) is 0.591. The van der Waals surface area contributed by atoms with Crippen LogP contribution in [0.1, 0.15) is 38.8 Å². The first-order valence-corrected chi connectivity index (χ1v) is 11.4. The molecule has 6 nitrogen and oxygen atoms in total. The Morgan fingerprint density at radius 2 is 1.85 bits per heavy atom. The molecule has 1 aromatic rings. The van der Waals surface area contributed by atoms with Crippen LogP contribution in [0.4, 0.5) is 0 Å². The van der Waals surface area contributed by atoms with E-state index in [-0.39, 0.29) is 5.75 Å². The summed E-state index contributed by atoms with van der Waals surface area (Å²) in [5, 5.41) is 3.43. The molecule has 0 unspecified atom stereocenters. The summed E-state index contributed by atoms with van der Waals surface area (Å²) in [5.74, 6) is 0.926. The minimum Gasteiger partial charge on any atom is -0.352 e. The zero-order valence-corrected chi connectivity index (χ0v) is 18.1. The number of hydrogen-bond acceptors (Lipinski definition) is 4. The van der Waals surface area contributed by atoms with Crippen molar-refractivity contribution in [1.82, 2.24) is 15.1 Å². The average molecular weight is 395 g/mol. The van der Waals surface area contributed by atoms with Gasteiger partial charge in [0, 0.05) is 33.2 Å². The Hall–Kier alpha value is -1.60. The largest absolute Gasteiger partial charge is 0.352 e. The van der Waals surface area contributed by atoms with Crippen LogP contribution >= 0.6 is 0 Å². The van der Waals surface area contributed by atoms with E-state index in [1.807, 2.05) is 4.90 Å². The van der Waals surface area contributed by atoms with Gasteiger partial charge in [0.2, 0.25) is 0 Å². The summed E-state index contributed by atoms with van der Waals surface area (Å²) in [7, 11) is -1.31. The van der Waals surface area contributed by atoms with Gasteiger partial charge in [-0.25, -0.2) is 8.42 Å². The maximum Gasteiger partial charge on any atom is 0.193 e. The SMILES string of the molecule is CCN(CC)Cc1ccccc1CNC(=NC)N1CCS(=O)(=O)C(C)(C)C1. The molecule has 0 radical (unpaired) electrons. The van der Waals surface area contributed by atoms with Gasteiger partial charge in [-0.15, -0.1) is 0 Å². The molecule has 1 fully saturated rings. The molecule has 0 bridgehead atoms. The van der Waals surface area contributed by atoms with Crippen LogP contribution in [0.3, 0.4) is 0 Å². The van der Waals surface area contributed by atoms with Crippen molar-refractivity contribution in [3.8, 4) is 0 Å². The lowest BCUT2D eigenvalue weighted by atomic mass is 10.1. The predicted octanol–water partition coefficient (Wildman–Crippen LogP) is 2.11. The number of sulfone groups is 1. The molecule has 1 aliphatic rings. The van der Waals surface area contributed by atoms with Crippen molar-refractivity contribution in [2.75, 3.05) is 39.0 Å². The van der Waals surface area contributed by atoms with Gasteiger partial charge >= 0.3 is 0 Å². The summed E-state index contributed by atoms with van der Waals surface area (Å²) in [6.45, 7) is 12.5. The van der Waals surface area contributed by atoms with E-state index in [0.29, 0.717) is 19.6 Å². The van der Waals surface area contributed by atoms with Crippen LogP contribution in [-0.4, -0.2) is 67.9 Å². The van der Waals surface area contributed by atoms with Gasteiger partial charge in [-0.2, -0.15) is 0 Å². The van der Waals surface area contributed by atoms with Gasteiger partial charge in [-0.1, -0.05) is 38.1 Å². The molecular formula is C20H34N4O2S. The lowest BCUT2D eigenvalue weighted by Gasteiger charge is -2.39. The fourth-order valence-electron chi connectivity index (χ4n) is 3.40. The van der Waals surface area contributed by atoms with E-state index in [9.17, 15) is 8.42 Å². The summed E-state index contributed by atoms with van der Waals surface area (Å²) in [4.78, 5) is 8.83. The minimum atomic E-state index is -3.06. The van der Waals surface area contributed by atoms with Gasteiger partial charge in [0.15, 0.2) is 15.8 Å². The highest BCUT2D eigenvalue weighted by atomic mass is 32.2. The first kappa shape index (κ1) is 21.7. The number of nitrogens with one attached hydrogen (secondary N) is 1. The Labute approximate surface area is 164 Å². The summed E-state index contributed by atoms with van der Waals surface area (Å²) in [6.07, 6.45) is 0. The molecule has 0 aliphatic carbocycles. The second-order valence-corrected chi connectivity index (χ2v) is 10.4. The van der Waals surface area contributed by atoms with Crippen molar-refractivity contribution in [3.05, 3.63) is 35.4 Å². The third-order valence-corrected chi connectivity index (χ3v) is 7.93. The monoisotopic (exact) mass is 394 g/mol. The molecule has 0 atom stereocenters. The van der Waals surface area contributed by atoms with Gasteiger partial charge in [0.1, 0.15) is 0 Å². The number of benzene rings is 1. The van der Waals surface area contributed by atoms with Crippen LogP contribution in [-0.2, 0) is 22.9 Å². The fourth-order valence-corrected chi connectivity index (χ4v) is 4.77. The summed E-state index contributed by atoms with van der Waals surface area (Å²) >= 11 is 0. The molecule has 2 rings (SSSR count). The van der Waals surface area contributed by atoms with Crippen LogP contribution in [0.25, 0.3) is 0 Å². The van der Waals surface area contributed by atoms with E-state index >= 15 is 0 Å². The molecule has 0 saturated carbocycles. The first-order chi connectivity index (χ1) is 12.7. The third kappa shape index (κ3) is 5.23. The third-order valence-electron chi connectivity index (χ3n) is 5.40. The van der Waals surface area contributed by atoms with E-state index in [4.69, 9.17) is 0 Å². The van der Waals surface area contributed by atoms with Crippen molar-refractivity contribution in [2.24, 2.45) is 4.99 Å².